The third-order valence-electron chi connectivity index (χ3n) is 3.10. The van der Waals surface area contributed by atoms with E-state index in [2.05, 4.69) is 5.32 Å². The van der Waals surface area contributed by atoms with Crippen molar-refractivity contribution >= 4 is 44.6 Å². The summed E-state index contributed by atoms with van der Waals surface area (Å²) >= 11 is 6.88. The van der Waals surface area contributed by atoms with Crippen molar-refractivity contribution in [2.75, 3.05) is 11.2 Å². The van der Waals surface area contributed by atoms with Crippen molar-refractivity contribution in [1.29, 1.82) is 0 Å². The lowest BCUT2D eigenvalue weighted by Gasteiger charge is -2.08. The highest BCUT2D eigenvalue weighted by atomic mass is 35.5. The van der Waals surface area contributed by atoms with Crippen LogP contribution >= 0.6 is 22.9 Å². The Balaban J connectivity index is 2.14. The van der Waals surface area contributed by atoms with Gasteiger partial charge in [-0.2, -0.15) is 0 Å². The number of nitrogens with one attached hydrogen (secondary N) is 1. The minimum Gasteiger partial charge on any atom is -0.324 e. The summed E-state index contributed by atoms with van der Waals surface area (Å²) in [6, 6.07) is 14.5. The Kier molecular flexibility index (Phi) is 3.90. The molecule has 1 N–H and O–H groups in total. The molecule has 106 valence electrons. The van der Waals surface area contributed by atoms with Crippen molar-refractivity contribution in [3.05, 3.63) is 54.3 Å². The van der Waals surface area contributed by atoms with Gasteiger partial charge in [-0.15, -0.1) is 22.9 Å². The lowest BCUT2D eigenvalue weighted by Crippen LogP contribution is -2.13. The topological polar surface area (TPSA) is 29.1 Å². The molecule has 21 heavy (non-hydrogen) atoms. The van der Waals surface area contributed by atoms with Crippen molar-refractivity contribution in [3.63, 3.8) is 0 Å². The number of carbonyl (C=O) groups is 1. The Morgan fingerprint density at radius 1 is 1.14 bits per heavy atom. The zero-order valence-electron chi connectivity index (χ0n) is 10.9. The number of halogens is 2. The molecule has 1 aromatic heterocycles. The van der Waals surface area contributed by atoms with Crippen molar-refractivity contribution < 1.29 is 9.18 Å². The van der Waals surface area contributed by atoms with Gasteiger partial charge in [0, 0.05) is 21.3 Å². The van der Waals surface area contributed by atoms with E-state index in [9.17, 15) is 9.18 Å². The van der Waals surface area contributed by atoms with E-state index in [0.29, 0.717) is 21.5 Å². The van der Waals surface area contributed by atoms with Crippen LogP contribution in [0, 0.1) is 5.82 Å². The van der Waals surface area contributed by atoms with Crippen LogP contribution < -0.4 is 5.32 Å². The Morgan fingerprint density at radius 2 is 1.86 bits per heavy atom. The molecule has 0 spiro atoms. The number of carbonyl (C=O) groups excluding carboxylic acids is 1. The molecule has 0 saturated heterocycles. The second-order valence-corrected chi connectivity index (χ2v) is 5.79. The van der Waals surface area contributed by atoms with Gasteiger partial charge in [-0.3, -0.25) is 4.79 Å². The van der Waals surface area contributed by atoms with Crippen LogP contribution in [0.15, 0.2) is 48.5 Å². The Hall–Kier alpha value is -1.91. The van der Waals surface area contributed by atoms with Crippen molar-refractivity contribution in [1.82, 2.24) is 0 Å². The molecule has 3 rings (SSSR count). The van der Waals surface area contributed by atoms with E-state index in [4.69, 9.17) is 11.6 Å². The maximum absolute atomic E-state index is 14.6. The lowest BCUT2D eigenvalue weighted by atomic mass is 10.1. The molecule has 0 aliphatic carbocycles. The fraction of sp³-hybridized carbons (Fsp3) is 0.0625. The molecule has 2 aromatic carbocycles. The number of thiophene rings is 1. The lowest BCUT2D eigenvalue weighted by molar-refractivity contribution is -0.113. The summed E-state index contributed by atoms with van der Waals surface area (Å²) in [5, 5.41) is 3.29. The van der Waals surface area contributed by atoms with Crippen molar-refractivity contribution in [2.45, 2.75) is 0 Å². The van der Waals surface area contributed by atoms with E-state index < -0.39 is 0 Å². The van der Waals surface area contributed by atoms with Gasteiger partial charge in [-0.05, 0) is 12.1 Å². The molecular formula is C16H11ClFNOS. The SMILES string of the molecule is O=C(CCl)Nc1ccccc1-c1sc2ccccc2c1F. The van der Waals surface area contributed by atoms with E-state index in [1.54, 1.807) is 24.3 Å². The zero-order valence-corrected chi connectivity index (χ0v) is 12.5. The summed E-state index contributed by atoms with van der Waals surface area (Å²) in [5.74, 6) is -0.711. The predicted molar refractivity (Wildman–Crippen MR) is 86.6 cm³/mol. The Morgan fingerprint density at radius 3 is 2.62 bits per heavy atom. The van der Waals surface area contributed by atoms with Crippen LogP contribution in [-0.4, -0.2) is 11.8 Å². The summed E-state index contributed by atoms with van der Waals surface area (Å²) in [4.78, 5) is 12.0. The number of amides is 1. The maximum Gasteiger partial charge on any atom is 0.239 e. The van der Waals surface area contributed by atoms with E-state index >= 15 is 0 Å². The molecule has 0 bridgehead atoms. The highest BCUT2D eigenvalue weighted by molar-refractivity contribution is 7.22. The largest absolute Gasteiger partial charge is 0.324 e. The summed E-state index contributed by atoms with van der Waals surface area (Å²) in [5.41, 5.74) is 1.23. The van der Waals surface area contributed by atoms with E-state index in [1.807, 2.05) is 24.3 Å². The predicted octanol–water partition coefficient (Wildman–Crippen LogP) is 4.88. The summed E-state index contributed by atoms with van der Waals surface area (Å²) in [6.45, 7) is 0. The Bertz CT molecular complexity index is 815. The monoisotopic (exact) mass is 319 g/mol. The van der Waals surface area contributed by atoms with Gasteiger partial charge in [0.25, 0.3) is 0 Å². The number of fused-ring (bicyclic) bond motifs is 1. The molecule has 0 aliphatic rings. The maximum atomic E-state index is 14.6. The van der Waals surface area contributed by atoms with Gasteiger partial charge in [0.1, 0.15) is 11.7 Å². The van der Waals surface area contributed by atoms with Crippen LogP contribution in [0.1, 0.15) is 0 Å². The molecule has 0 saturated carbocycles. The first-order valence-corrected chi connectivity index (χ1v) is 7.68. The minimum atomic E-state index is -0.314. The van der Waals surface area contributed by atoms with Gasteiger partial charge in [0.05, 0.1) is 4.88 Å². The number of alkyl halides is 1. The van der Waals surface area contributed by atoms with Crippen LogP contribution in [-0.2, 0) is 4.79 Å². The Labute approximate surface area is 130 Å². The molecule has 5 heteroatoms. The first kappa shape index (κ1) is 14.0. The number of rotatable bonds is 3. The molecule has 0 radical (unpaired) electrons. The van der Waals surface area contributed by atoms with Gasteiger partial charge in [-0.25, -0.2) is 4.39 Å². The molecule has 0 unspecified atom stereocenters. The fourth-order valence-corrected chi connectivity index (χ4v) is 3.35. The van der Waals surface area contributed by atoms with Crippen LogP contribution in [0.25, 0.3) is 20.5 Å². The molecule has 3 aromatic rings. The van der Waals surface area contributed by atoms with Crippen LogP contribution in [0.3, 0.4) is 0 Å². The molecular weight excluding hydrogens is 309 g/mol. The zero-order chi connectivity index (χ0) is 14.8. The minimum absolute atomic E-state index is 0.136. The summed E-state index contributed by atoms with van der Waals surface area (Å²) in [7, 11) is 0. The highest BCUT2D eigenvalue weighted by Crippen LogP contribution is 2.40. The van der Waals surface area contributed by atoms with Crippen LogP contribution in [0.5, 0.6) is 0 Å². The second-order valence-electron chi connectivity index (χ2n) is 4.47. The van der Waals surface area contributed by atoms with Crippen molar-refractivity contribution in [2.24, 2.45) is 0 Å². The molecule has 0 atom stereocenters. The van der Waals surface area contributed by atoms with Crippen LogP contribution in [0.2, 0.25) is 0 Å². The van der Waals surface area contributed by atoms with Gasteiger partial charge >= 0.3 is 0 Å². The molecule has 0 fully saturated rings. The smallest absolute Gasteiger partial charge is 0.239 e. The van der Waals surface area contributed by atoms with Crippen LogP contribution in [0.4, 0.5) is 10.1 Å². The standard InChI is InChI=1S/C16H11ClFNOS/c17-9-14(20)19-12-7-3-1-5-10(12)16-15(18)11-6-2-4-8-13(11)21-16/h1-8H,9H2,(H,19,20). The average molecular weight is 320 g/mol. The van der Waals surface area contributed by atoms with Gasteiger partial charge in [-0.1, -0.05) is 36.4 Å². The number of hydrogen-bond donors (Lipinski definition) is 1. The van der Waals surface area contributed by atoms with Gasteiger partial charge in [0.2, 0.25) is 5.91 Å². The average Bonchev–Trinajstić information content (AvgIpc) is 2.85. The number of para-hydroxylation sites is 1. The van der Waals surface area contributed by atoms with E-state index in [1.165, 1.54) is 11.3 Å². The molecule has 0 aliphatic heterocycles. The first-order chi connectivity index (χ1) is 10.2. The molecule has 1 amide bonds. The number of hydrogen-bond acceptors (Lipinski definition) is 2. The fourth-order valence-electron chi connectivity index (χ4n) is 2.16. The highest BCUT2D eigenvalue weighted by Gasteiger charge is 2.16. The van der Waals surface area contributed by atoms with Gasteiger partial charge in [0.15, 0.2) is 0 Å². The third-order valence-corrected chi connectivity index (χ3v) is 4.52. The number of anilines is 1. The van der Waals surface area contributed by atoms with Crippen molar-refractivity contribution in [3.8, 4) is 10.4 Å². The second kappa shape index (κ2) is 5.84. The normalized spacial score (nSPS) is 10.8. The third kappa shape index (κ3) is 2.64. The number of benzene rings is 2. The summed E-state index contributed by atoms with van der Waals surface area (Å²) < 4.78 is 15.5. The van der Waals surface area contributed by atoms with Gasteiger partial charge < -0.3 is 5.32 Å². The molecule has 2 nitrogen and oxygen atoms in total. The van der Waals surface area contributed by atoms with E-state index in [0.717, 1.165) is 4.70 Å². The summed E-state index contributed by atoms with van der Waals surface area (Å²) in [6.07, 6.45) is 0. The van der Waals surface area contributed by atoms with E-state index in [-0.39, 0.29) is 17.6 Å². The quantitative estimate of drug-likeness (QED) is 0.685. The first-order valence-electron chi connectivity index (χ1n) is 6.33. The molecule has 1 heterocycles.